The maximum absolute atomic E-state index is 6.57. The summed E-state index contributed by atoms with van der Waals surface area (Å²) in [6, 6.07) is 43.8. The van der Waals surface area contributed by atoms with Gasteiger partial charge in [-0.15, -0.1) is 11.3 Å². The monoisotopic (exact) mass is 637 g/mol. The topological polar surface area (TPSA) is 57.1 Å². The molecule has 2 aliphatic rings. The number of ether oxygens (including phenoxy) is 2. The van der Waals surface area contributed by atoms with Gasteiger partial charge in [-0.05, 0) is 64.7 Å². The molecule has 0 saturated carbocycles. The second kappa shape index (κ2) is 10.1. The summed E-state index contributed by atoms with van der Waals surface area (Å²) in [5, 5.41) is 2.50. The lowest BCUT2D eigenvalue weighted by Gasteiger charge is -2.25. The van der Waals surface area contributed by atoms with Gasteiger partial charge in [0, 0.05) is 42.3 Å². The van der Waals surface area contributed by atoms with Crippen LogP contribution in [0.25, 0.3) is 65.5 Å². The SMILES string of the molecule is CC1(C)c2ccccc2-c2cc3c(cc21)Oc1cc(-c2nc(-c4ccccc4)nc(-c4ccc5c(c4)sc4ccccc45)n2)ccc1O3. The van der Waals surface area contributed by atoms with E-state index in [1.54, 1.807) is 11.3 Å². The second-order valence-corrected chi connectivity index (χ2v) is 13.9. The molecule has 228 valence electrons. The summed E-state index contributed by atoms with van der Waals surface area (Å²) in [6.45, 7) is 4.53. The van der Waals surface area contributed by atoms with Gasteiger partial charge >= 0.3 is 0 Å². The molecule has 8 aromatic rings. The van der Waals surface area contributed by atoms with E-state index in [9.17, 15) is 0 Å². The maximum Gasteiger partial charge on any atom is 0.170 e. The molecule has 0 fully saturated rings. The van der Waals surface area contributed by atoms with E-state index in [0.717, 1.165) is 16.7 Å². The van der Waals surface area contributed by atoms with Crippen molar-refractivity contribution >= 4 is 31.5 Å². The van der Waals surface area contributed by atoms with Crippen molar-refractivity contribution in [2.75, 3.05) is 0 Å². The zero-order valence-electron chi connectivity index (χ0n) is 26.2. The quantitative estimate of drug-likeness (QED) is 0.193. The summed E-state index contributed by atoms with van der Waals surface area (Å²) >= 11 is 1.78. The van der Waals surface area contributed by atoms with Gasteiger partial charge in [0.05, 0.1) is 0 Å². The first-order chi connectivity index (χ1) is 23.5. The molecule has 0 spiro atoms. The largest absolute Gasteiger partial charge is 0.449 e. The van der Waals surface area contributed by atoms with Crippen molar-refractivity contribution in [2.24, 2.45) is 0 Å². The second-order valence-electron chi connectivity index (χ2n) is 12.9. The lowest BCUT2D eigenvalue weighted by molar-refractivity contribution is 0.359. The molecule has 10 rings (SSSR count). The lowest BCUT2D eigenvalue weighted by Crippen LogP contribution is -2.15. The van der Waals surface area contributed by atoms with Crippen LogP contribution in [0.15, 0.2) is 127 Å². The molecule has 0 amide bonds. The molecule has 0 N–H and O–H groups in total. The van der Waals surface area contributed by atoms with Crippen molar-refractivity contribution in [3.63, 3.8) is 0 Å². The number of aromatic nitrogens is 3. The highest BCUT2D eigenvalue weighted by atomic mass is 32.1. The van der Waals surface area contributed by atoms with E-state index in [0.29, 0.717) is 40.5 Å². The van der Waals surface area contributed by atoms with Gasteiger partial charge in [0.1, 0.15) is 0 Å². The molecular formula is C42H27N3O2S. The molecule has 3 heterocycles. The third-order valence-corrected chi connectivity index (χ3v) is 10.7. The van der Waals surface area contributed by atoms with Gasteiger partial charge in [0.25, 0.3) is 0 Å². The summed E-state index contributed by atoms with van der Waals surface area (Å²) < 4.78 is 15.5. The van der Waals surface area contributed by atoms with Gasteiger partial charge in [0.2, 0.25) is 0 Å². The zero-order valence-corrected chi connectivity index (χ0v) is 27.0. The first kappa shape index (κ1) is 27.3. The van der Waals surface area contributed by atoms with Crippen LogP contribution in [0.5, 0.6) is 23.0 Å². The first-order valence-corrected chi connectivity index (χ1v) is 16.8. The lowest BCUT2D eigenvalue weighted by atomic mass is 9.82. The van der Waals surface area contributed by atoms with E-state index in [4.69, 9.17) is 24.4 Å². The highest BCUT2D eigenvalue weighted by molar-refractivity contribution is 7.25. The summed E-state index contributed by atoms with van der Waals surface area (Å²) in [6.07, 6.45) is 0. The van der Waals surface area contributed by atoms with Crippen LogP contribution in [0.4, 0.5) is 0 Å². The number of thiophene rings is 1. The molecule has 1 aliphatic carbocycles. The number of hydrogen-bond acceptors (Lipinski definition) is 6. The van der Waals surface area contributed by atoms with E-state index in [-0.39, 0.29) is 5.41 Å². The van der Waals surface area contributed by atoms with E-state index in [1.165, 1.54) is 42.4 Å². The Hall–Kier alpha value is -5.85. The molecule has 0 unspecified atom stereocenters. The standard InChI is InChI=1S/C42H27N3O2S/c1-42(2)31-14-8-6-12-27(31)30-22-35-36(23-32(30)42)47-34-20-25(17-19-33(34)46-35)40-43-39(24-10-4-3-5-11-24)44-41(45-40)26-16-18-29-28-13-7-9-15-37(28)48-38(29)21-26/h3-23H,1-2H3. The Morgan fingerprint density at radius 3 is 1.94 bits per heavy atom. The van der Waals surface area contributed by atoms with Crippen LogP contribution in [0.1, 0.15) is 25.0 Å². The van der Waals surface area contributed by atoms with Crippen molar-refractivity contribution in [1.29, 1.82) is 0 Å². The van der Waals surface area contributed by atoms with Crippen LogP contribution in [0, 0.1) is 0 Å². The minimum atomic E-state index is -0.138. The smallest absolute Gasteiger partial charge is 0.170 e. The Kier molecular flexibility index (Phi) is 5.72. The summed E-state index contributed by atoms with van der Waals surface area (Å²) in [5.41, 5.74) is 7.53. The van der Waals surface area contributed by atoms with Gasteiger partial charge < -0.3 is 9.47 Å². The Bertz CT molecular complexity index is 2610. The van der Waals surface area contributed by atoms with Crippen molar-refractivity contribution in [3.05, 3.63) is 139 Å². The third-order valence-electron chi connectivity index (χ3n) is 9.59. The highest BCUT2D eigenvalue weighted by Gasteiger charge is 2.37. The molecule has 6 aromatic carbocycles. The van der Waals surface area contributed by atoms with E-state index < -0.39 is 0 Å². The minimum absolute atomic E-state index is 0.138. The van der Waals surface area contributed by atoms with Gasteiger partial charge in [-0.3, -0.25) is 0 Å². The van der Waals surface area contributed by atoms with Gasteiger partial charge in [-0.1, -0.05) is 98.8 Å². The fourth-order valence-corrected chi connectivity index (χ4v) is 8.28. The van der Waals surface area contributed by atoms with Gasteiger partial charge in [0.15, 0.2) is 40.5 Å². The van der Waals surface area contributed by atoms with E-state index in [1.807, 2.05) is 48.5 Å². The Morgan fingerprint density at radius 1 is 0.458 bits per heavy atom. The molecule has 0 atom stereocenters. The van der Waals surface area contributed by atoms with Crippen LogP contribution in [0.2, 0.25) is 0 Å². The average molecular weight is 638 g/mol. The van der Waals surface area contributed by atoms with Gasteiger partial charge in [-0.25, -0.2) is 15.0 Å². The van der Waals surface area contributed by atoms with Crippen LogP contribution in [-0.2, 0) is 5.41 Å². The van der Waals surface area contributed by atoms with Crippen LogP contribution >= 0.6 is 11.3 Å². The molecule has 5 nitrogen and oxygen atoms in total. The fourth-order valence-electron chi connectivity index (χ4n) is 7.13. The number of hydrogen-bond donors (Lipinski definition) is 0. The molecule has 0 radical (unpaired) electrons. The van der Waals surface area contributed by atoms with Crippen molar-refractivity contribution in [3.8, 4) is 68.3 Å². The highest BCUT2D eigenvalue weighted by Crippen LogP contribution is 2.55. The number of rotatable bonds is 3. The Morgan fingerprint density at radius 2 is 1.08 bits per heavy atom. The van der Waals surface area contributed by atoms with E-state index in [2.05, 4.69) is 92.7 Å². The zero-order chi connectivity index (χ0) is 32.0. The fraction of sp³-hybridized carbons (Fsp3) is 0.0714. The van der Waals surface area contributed by atoms with Crippen molar-refractivity contribution in [2.45, 2.75) is 19.3 Å². The molecular weight excluding hydrogens is 611 g/mol. The summed E-state index contributed by atoms with van der Waals surface area (Å²) in [7, 11) is 0. The van der Waals surface area contributed by atoms with Crippen LogP contribution in [-0.4, -0.2) is 15.0 Å². The number of fused-ring (bicyclic) bond motifs is 8. The maximum atomic E-state index is 6.57. The summed E-state index contributed by atoms with van der Waals surface area (Å²) in [4.78, 5) is 15.0. The normalized spacial score (nSPS) is 13.7. The van der Waals surface area contributed by atoms with Crippen LogP contribution < -0.4 is 9.47 Å². The average Bonchev–Trinajstić information content (AvgIpc) is 3.61. The molecule has 48 heavy (non-hydrogen) atoms. The van der Waals surface area contributed by atoms with Crippen LogP contribution in [0.3, 0.4) is 0 Å². The molecule has 2 aromatic heterocycles. The Balaban J connectivity index is 1.07. The molecule has 0 saturated heterocycles. The third kappa shape index (κ3) is 4.12. The van der Waals surface area contributed by atoms with Crippen molar-refractivity contribution in [1.82, 2.24) is 15.0 Å². The van der Waals surface area contributed by atoms with Crippen molar-refractivity contribution < 1.29 is 9.47 Å². The Labute approximate surface area is 281 Å². The number of benzene rings is 6. The molecule has 1 aliphatic heterocycles. The predicted molar refractivity (Wildman–Crippen MR) is 193 cm³/mol. The first-order valence-electron chi connectivity index (χ1n) is 16.0. The van der Waals surface area contributed by atoms with E-state index >= 15 is 0 Å². The molecule has 6 heteroatoms. The predicted octanol–water partition coefficient (Wildman–Crippen LogP) is 11.4. The minimum Gasteiger partial charge on any atom is -0.449 e. The summed E-state index contributed by atoms with van der Waals surface area (Å²) in [5.74, 6) is 4.51. The number of nitrogens with zero attached hydrogens (tertiary/aromatic N) is 3. The molecule has 0 bridgehead atoms. The van der Waals surface area contributed by atoms with Gasteiger partial charge in [-0.2, -0.15) is 0 Å².